The molecular weight excluding hydrogens is 252 g/mol. The van der Waals surface area contributed by atoms with Gasteiger partial charge >= 0.3 is 0 Å². The molecule has 2 N–H and O–H groups in total. The molecule has 1 aromatic heterocycles. The molecule has 0 saturated heterocycles. The molecule has 1 heterocycles. The number of hydrogen-bond acceptors (Lipinski definition) is 5. The molecule has 0 atom stereocenters. The van der Waals surface area contributed by atoms with Gasteiger partial charge in [-0.1, -0.05) is 12.1 Å². The van der Waals surface area contributed by atoms with Gasteiger partial charge in [0.05, 0.1) is 24.1 Å². The third kappa shape index (κ3) is 2.49. The van der Waals surface area contributed by atoms with Crippen LogP contribution in [0.25, 0.3) is 0 Å². The Hall–Kier alpha value is -2.01. The lowest BCUT2D eigenvalue weighted by Crippen LogP contribution is -2.29. The number of para-hydroxylation sites is 1. The number of nitrogens with zero attached hydrogens (tertiary/aromatic N) is 3. The van der Waals surface area contributed by atoms with Gasteiger partial charge < -0.3 is 14.3 Å². The van der Waals surface area contributed by atoms with E-state index in [1.165, 1.54) is 24.1 Å². The van der Waals surface area contributed by atoms with Crippen LogP contribution >= 0.6 is 0 Å². The van der Waals surface area contributed by atoms with Crippen molar-refractivity contribution >= 4 is 11.4 Å². The van der Waals surface area contributed by atoms with Gasteiger partial charge in [0.25, 0.3) is 0 Å². The molecule has 1 fully saturated rings. The molecule has 0 amide bonds. The normalized spacial score (nSPS) is 14.3. The number of nitrogens with two attached hydrogens (primary N) is 1. The molecule has 3 rings (SSSR count). The maximum Gasteiger partial charge on any atom is 0.213 e. The molecule has 1 aliphatic carbocycles. The maximum atomic E-state index is 5.98. The second-order valence-corrected chi connectivity index (χ2v) is 5.38. The second-order valence-electron chi connectivity index (χ2n) is 5.38. The van der Waals surface area contributed by atoms with Crippen molar-refractivity contribution in [3.8, 4) is 0 Å². The Morgan fingerprint density at radius 1 is 1.35 bits per heavy atom. The van der Waals surface area contributed by atoms with Gasteiger partial charge in [-0.2, -0.15) is 0 Å². The summed E-state index contributed by atoms with van der Waals surface area (Å²) in [6.07, 6.45) is 5.80. The van der Waals surface area contributed by atoms with E-state index >= 15 is 0 Å². The van der Waals surface area contributed by atoms with E-state index in [4.69, 9.17) is 10.3 Å². The SMILES string of the molecule is CN(N)c1cccc(C2CC2)c1N(C)Cc1ncco1. The summed E-state index contributed by atoms with van der Waals surface area (Å²) in [7, 11) is 3.92. The van der Waals surface area contributed by atoms with E-state index in [0.717, 1.165) is 5.69 Å². The van der Waals surface area contributed by atoms with Gasteiger partial charge in [-0.15, -0.1) is 0 Å². The van der Waals surface area contributed by atoms with Crippen molar-refractivity contribution in [1.29, 1.82) is 0 Å². The Labute approximate surface area is 119 Å². The molecule has 5 heteroatoms. The minimum atomic E-state index is 0.636. The van der Waals surface area contributed by atoms with Crippen LogP contribution in [-0.4, -0.2) is 19.1 Å². The van der Waals surface area contributed by atoms with Crippen LogP contribution in [-0.2, 0) is 6.54 Å². The van der Waals surface area contributed by atoms with Crippen molar-refractivity contribution in [3.05, 3.63) is 42.1 Å². The Morgan fingerprint density at radius 3 is 2.75 bits per heavy atom. The molecule has 1 aliphatic rings. The number of hydrogen-bond donors (Lipinski definition) is 1. The lowest BCUT2D eigenvalue weighted by atomic mass is 10.1. The molecule has 0 aliphatic heterocycles. The summed E-state index contributed by atoms with van der Waals surface area (Å²) in [6.45, 7) is 0.636. The van der Waals surface area contributed by atoms with Gasteiger partial charge in [-0.25, -0.2) is 10.8 Å². The summed E-state index contributed by atoms with van der Waals surface area (Å²) in [5.41, 5.74) is 3.58. The Morgan fingerprint density at radius 2 is 2.15 bits per heavy atom. The van der Waals surface area contributed by atoms with Crippen LogP contribution in [0.15, 0.2) is 35.1 Å². The van der Waals surface area contributed by atoms with Crippen LogP contribution in [0.3, 0.4) is 0 Å². The summed E-state index contributed by atoms with van der Waals surface area (Å²) < 4.78 is 5.34. The summed E-state index contributed by atoms with van der Waals surface area (Å²) in [5, 5.41) is 1.67. The molecule has 0 spiro atoms. The zero-order valence-electron chi connectivity index (χ0n) is 11.9. The van der Waals surface area contributed by atoms with Gasteiger partial charge in [0.2, 0.25) is 5.89 Å². The van der Waals surface area contributed by atoms with Crippen molar-refractivity contribution in [2.45, 2.75) is 25.3 Å². The maximum absolute atomic E-state index is 5.98. The molecule has 1 aromatic carbocycles. The predicted octanol–water partition coefficient (Wildman–Crippen LogP) is 2.50. The fourth-order valence-corrected chi connectivity index (χ4v) is 2.59. The van der Waals surface area contributed by atoms with Crippen LogP contribution in [0.5, 0.6) is 0 Å². The largest absolute Gasteiger partial charge is 0.447 e. The standard InChI is InChI=1S/C15H20N4O/c1-18(10-14-17-8-9-20-14)15-12(11-6-7-11)4-3-5-13(15)19(2)16/h3-5,8-9,11H,6-7,10,16H2,1-2H3. The molecule has 2 aromatic rings. The highest BCUT2D eigenvalue weighted by Crippen LogP contribution is 2.47. The summed E-state index contributed by atoms with van der Waals surface area (Å²) >= 11 is 0. The first kappa shape index (κ1) is 13.0. The Kier molecular flexibility index (Phi) is 3.36. The monoisotopic (exact) mass is 272 g/mol. The highest BCUT2D eigenvalue weighted by molar-refractivity contribution is 5.75. The molecular formula is C15H20N4O. The molecule has 0 radical (unpaired) electrons. The average molecular weight is 272 g/mol. The predicted molar refractivity (Wildman–Crippen MR) is 79.6 cm³/mol. The van der Waals surface area contributed by atoms with Crippen molar-refractivity contribution in [2.75, 3.05) is 24.0 Å². The average Bonchev–Trinajstić information content (AvgIpc) is 3.16. The van der Waals surface area contributed by atoms with E-state index in [1.807, 2.05) is 13.1 Å². The smallest absolute Gasteiger partial charge is 0.213 e. The van der Waals surface area contributed by atoms with Gasteiger partial charge in [0.1, 0.15) is 6.26 Å². The van der Waals surface area contributed by atoms with E-state index in [9.17, 15) is 0 Å². The van der Waals surface area contributed by atoms with Crippen LogP contribution < -0.4 is 15.8 Å². The Balaban J connectivity index is 1.96. The third-order valence-electron chi connectivity index (χ3n) is 3.68. The molecule has 106 valence electrons. The van der Waals surface area contributed by atoms with Crippen LogP contribution in [0.2, 0.25) is 0 Å². The van der Waals surface area contributed by atoms with E-state index in [2.05, 4.69) is 29.1 Å². The van der Waals surface area contributed by atoms with Gasteiger partial charge in [0.15, 0.2) is 0 Å². The first-order chi connectivity index (χ1) is 9.66. The summed E-state index contributed by atoms with van der Waals surface area (Å²) in [5.74, 6) is 7.36. The second kappa shape index (κ2) is 5.17. The lowest BCUT2D eigenvalue weighted by molar-refractivity contribution is 0.492. The molecule has 5 nitrogen and oxygen atoms in total. The van der Waals surface area contributed by atoms with E-state index < -0.39 is 0 Å². The van der Waals surface area contributed by atoms with Crippen LogP contribution in [0, 0.1) is 0 Å². The third-order valence-corrected chi connectivity index (χ3v) is 3.68. The molecule has 20 heavy (non-hydrogen) atoms. The van der Waals surface area contributed by atoms with Crippen LogP contribution in [0.1, 0.15) is 30.2 Å². The zero-order valence-corrected chi connectivity index (χ0v) is 11.9. The van der Waals surface area contributed by atoms with Crippen molar-refractivity contribution in [2.24, 2.45) is 5.84 Å². The van der Waals surface area contributed by atoms with E-state index in [0.29, 0.717) is 18.4 Å². The van der Waals surface area contributed by atoms with Crippen molar-refractivity contribution in [1.82, 2.24) is 4.98 Å². The van der Waals surface area contributed by atoms with Crippen LogP contribution in [0.4, 0.5) is 11.4 Å². The number of rotatable bonds is 5. The number of aromatic nitrogens is 1. The van der Waals surface area contributed by atoms with Gasteiger partial charge in [-0.05, 0) is 30.4 Å². The number of hydrazine groups is 1. The number of anilines is 2. The number of oxazole rings is 1. The first-order valence-corrected chi connectivity index (χ1v) is 6.87. The first-order valence-electron chi connectivity index (χ1n) is 6.87. The summed E-state index contributed by atoms with van der Waals surface area (Å²) in [6, 6.07) is 6.33. The quantitative estimate of drug-likeness (QED) is 0.669. The highest BCUT2D eigenvalue weighted by atomic mass is 16.3. The Bertz CT molecular complexity index is 555. The van der Waals surface area contributed by atoms with Crippen molar-refractivity contribution in [3.63, 3.8) is 0 Å². The number of benzene rings is 1. The van der Waals surface area contributed by atoms with Gasteiger partial charge in [-0.3, -0.25) is 0 Å². The fraction of sp³-hybridized carbons (Fsp3) is 0.400. The summed E-state index contributed by atoms with van der Waals surface area (Å²) in [4.78, 5) is 6.36. The molecule has 1 saturated carbocycles. The van der Waals surface area contributed by atoms with E-state index in [-0.39, 0.29) is 0 Å². The molecule has 0 unspecified atom stereocenters. The lowest BCUT2D eigenvalue weighted by Gasteiger charge is -2.27. The van der Waals surface area contributed by atoms with E-state index in [1.54, 1.807) is 17.5 Å². The minimum absolute atomic E-state index is 0.636. The van der Waals surface area contributed by atoms with Gasteiger partial charge in [0, 0.05) is 14.1 Å². The zero-order chi connectivity index (χ0) is 14.1. The topological polar surface area (TPSA) is 58.5 Å². The molecule has 0 bridgehead atoms. The minimum Gasteiger partial charge on any atom is -0.447 e. The van der Waals surface area contributed by atoms with Crippen molar-refractivity contribution < 1.29 is 4.42 Å². The fourth-order valence-electron chi connectivity index (χ4n) is 2.59. The highest BCUT2D eigenvalue weighted by Gasteiger charge is 2.29.